The zero-order valence-electron chi connectivity index (χ0n) is 11.3. The number of aliphatic hydroxyl groups is 2. The van der Waals surface area contributed by atoms with Gasteiger partial charge in [-0.3, -0.25) is 0 Å². The molecule has 1 aromatic carbocycles. The van der Waals surface area contributed by atoms with Gasteiger partial charge in [0.1, 0.15) is 23.8 Å². The summed E-state index contributed by atoms with van der Waals surface area (Å²) >= 11 is 0. The Bertz CT molecular complexity index is 608. The zero-order valence-corrected chi connectivity index (χ0v) is 11.3. The zero-order chi connectivity index (χ0) is 15.7. The molecule has 2 N–H and O–H groups in total. The Balaban J connectivity index is 3.13. The van der Waals surface area contributed by atoms with Crippen LogP contribution in [0.1, 0.15) is 5.56 Å². The summed E-state index contributed by atoms with van der Waals surface area (Å²) in [5.74, 6) is 0. The summed E-state index contributed by atoms with van der Waals surface area (Å²) < 4.78 is 0. The van der Waals surface area contributed by atoms with Crippen molar-refractivity contribution in [3.05, 3.63) is 35.4 Å². The molecule has 0 aliphatic carbocycles. The molecule has 21 heavy (non-hydrogen) atoms. The summed E-state index contributed by atoms with van der Waals surface area (Å²) in [5.41, 5.74) is 1.05. The molecule has 0 heterocycles. The van der Waals surface area contributed by atoms with Crippen LogP contribution in [0, 0.1) is 34.0 Å². The van der Waals surface area contributed by atoms with Gasteiger partial charge >= 0.3 is 0 Å². The van der Waals surface area contributed by atoms with Gasteiger partial charge in [0.05, 0.1) is 18.8 Å². The maximum absolute atomic E-state index is 9.07. The van der Waals surface area contributed by atoms with Crippen molar-refractivity contribution in [3.8, 4) is 18.2 Å². The highest BCUT2D eigenvalue weighted by molar-refractivity contribution is 5.84. The Morgan fingerprint density at radius 1 is 0.905 bits per heavy atom. The normalized spacial score (nSPS) is 9.10. The van der Waals surface area contributed by atoms with E-state index in [0.29, 0.717) is 18.7 Å². The van der Waals surface area contributed by atoms with E-state index >= 15 is 0 Å². The summed E-state index contributed by atoms with van der Waals surface area (Å²) in [6, 6.07) is 11.9. The monoisotopic (exact) mass is 282 g/mol. The van der Waals surface area contributed by atoms with Crippen LogP contribution in [-0.2, 0) is 0 Å². The summed E-state index contributed by atoms with van der Waals surface area (Å²) in [7, 11) is 0. The van der Waals surface area contributed by atoms with E-state index in [4.69, 9.17) is 26.0 Å². The maximum atomic E-state index is 9.07. The molecular formula is C15H14N4O2. The molecule has 0 aliphatic rings. The van der Waals surface area contributed by atoms with Gasteiger partial charge in [0.2, 0.25) is 0 Å². The highest BCUT2D eigenvalue weighted by Gasteiger charge is 2.10. The Hall–Kier alpha value is -2.85. The van der Waals surface area contributed by atoms with Crippen molar-refractivity contribution in [3.63, 3.8) is 0 Å². The van der Waals surface area contributed by atoms with Gasteiger partial charge in [-0.25, -0.2) is 0 Å². The second-order valence-electron chi connectivity index (χ2n) is 4.07. The number of anilines is 1. The first kappa shape index (κ1) is 16.2. The molecule has 0 aliphatic heterocycles. The predicted octanol–water partition coefficient (Wildman–Crippen LogP) is 0.802. The SMILES string of the molecule is N#CC(C#N)=C(C#N)c1ccc(N(CCO)CCO)cc1. The number of nitrogens with zero attached hydrogens (tertiary/aromatic N) is 4. The molecule has 1 aromatic rings. The van der Waals surface area contributed by atoms with E-state index < -0.39 is 0 Å². The van der Waals surface area contributed by atoms with Crippen LogP contribution in [0.25, 0.3) is 5.57 Å². The van der Waals surface area contributed by atoms with Crippen LogP contribution in [0.5, 0.6) is 0 Å². The third kappa shape index (κ3) is 4.06. The van der Waals surface area contributed by atoms with Gasteiger partial charge in [-0.2, -0.15) is 15.8 Å². The fourth-order valence-electron chi connectivity index (χ4n) is 1.85. The minimum absolute atomic E-state index is 0.0300. The lowest BCUT2D eigenvalue weighted by atomic mass is 10.0. The Kier molecular flexibility index (Phi) is 6.44. The molecule has 0 spiro atoms. The van der Waals surface area contributed by atoms with E-state index in [1.807, 2.05) is 6.07 Å². The van der Waals surface area contributed by atoms with Crippen LogP contribution >= 0.6 is 0 Å². The Morgan fingerprint density at radius 3 is 1.81 bits per heavy atom. The lowest BCUT2D eigenvalue weighted by Gasteiger charge is -2.23. The molecule has 1 rings (SSSR count). The molecule has 0 aromatic heterocycles. The molecule has 0 atom stereocenters. The van der Waals surface area contributed by atoms with Crippen molar-refractivity contribution in [2.45, 2.75) is 0 Å². The molecule has 6 nitrogen and oxygen atoms in total. The van der Waals surface area contributed by atoms with Gasteiger partial charge in [0, 0.05) is 18.8 Å². The molecule has 6 heteroatoms. The van der Waals surface area contributed by atoms with E-state index in [0.717, 1.165) is 5.69 Å². The highest BCUT2D eigenvalue weighted by atomic mass is 16.3. The van der Waals surface area contributed by atoms with Crippen LogP contribution in [0.2, 0.25) is 0 Å². The second kappa shape index (κ2) is 8.35. The van der Waals surface area contributed by atoms with Gasteiger partial charge in [0.15, 0.2) is 0 Å². The van der Waals surface area contributed by atoms with Crippen molar-refractivity contribution < 1.29 is 10.2 Å². The fourth-order valence-corrected chi connectivity index (χ4v) is 1.85. The number of allylic oxidation sites excluding steroid dienone is 2. The quantitative estimate of drug-likeness (QED) is 0.746. The van der Waals surface area contributed by atoms with Crippen molar-refractivity contribution >= 4 is 11.3 Å². The van der Waals surface area contributed by atoms with Crippen molar-refractivity contribution in [1.82, 2.24) is 0 Å². The first-order chi connectivity index (χ1) is 10.2. The van der Waals surface area contributed by atoms with Crippen LogP contribution in [-0.4, -0.2) is 36.5 Å². The highest BCUT2D eigenvalue weighted by Crippen LogP contribution is 2.21. The van der Waals surface area contributed by atoms with Crippen LogP contribution in [0.15, 0.2) is 29.8 Å². The van der Waals surface area contributed by atoms with E-state index in [9.17, 15) is 0 Å². The molecule has 0 unspecified atom stereocenters. The van der Waals surface area contributed by atoms with E-state index in [-0.39, 0.29) is 24.4 Å². The number of nitriles is 3. The lowest BCUT2D eigenvalue weighted by molar-refractivity contribution is 0.281. The summed E-state index contributed by atoms with van der Waals surface area (Å²) in [5, 5.41) is 44.7. The third-order valence-corrected chi connectivity index (χ3v) is 2.85. The molecule has 0 fully saturated rings. The molecule has 0 saturated carbocycles. The number of hydrogen-bond acceptors (Lipinski definition) is 6. The molecule has 0 amide bonds. The van der Waals surface area contributed by atoms with Crippen molar-refractivity contribution in [2.75, 3.05) is 31.2 Å². The van der Waals surface area contributed by atoms with Crippen LogP contribution in [0.3, 0.4) is 0 Å². The summed E-state index contributed by atoms with van der Waals surface area (Å²) in [6.07, 6.45) is 0. The van der Waals surface area contributed by atoms with Crippen LogP contribution < -0.4 is 4.90 Å². The van der Waals surface area contributed by atoms with E-state index in [1.54, 1.807) is 41.3 Å². The fraction of sp³-hybridized carbons (Fsp3) is 0.267. The molecule has 0 bridgehead atoms. The molecular weight excluding hydrogens is 268 g/mol. The standard InChI is InChI=1S/C15H14N4O2/c16-9-13(10-17)15(11-18)12-1-3-14(4-2-12)19(5-7-20)6-8-21/h1-4,20-21H,5-8H2. The number of aliphatic hydroxyl groups excluding tert-OH is 2. The lowest BCUT2D eigenvalue weighted by Crippen LogP contribution is -2.29. The van der Waals surface area contributed by atoms with Crippen molar-refractivity contribution in [1.29, 1.82) is 15.8 Å². The van der Waals surface area contributed by atoms with Gasteiger partial charge in [0.25, 0.3) is 0 Å². The maximum Gasteiger partial charge on any atom is 0.148 e. The Labute approximate surface area is 123 Å². The minimum atomic E-state index is -0.229. The third-order valence-electron chi connectivity index (χ3n) is 2.85. The first-order valence-electron chi connectivity index (χ1n) is 6.23. The van der Waals surface area contributed by atoms with Gasteiger partial charge in [-0.15, -0.1) is 0 Å². The average molecular weight is 282 g/mol. The van der Waals surface area contributed by atoms with Crippen molar-refractivity contribution in [2.24, 2.45) is 0 Å². The number of rotatable bonds is 6. The number of benzene rings is 1. The molecule has 0 radical (unpaired) electrons. The van der Waals surface area contributed by atoms with Gasteiger partial charge < -0.3 is 15.1 Å². The summed E-state index contributed by atoms with van der Waals surface area (Å²) in [6.45, 7) is 0.668. The summed E-state index contributed by atoms with van der Waals surface area (Å²) in [4.78, 5) is 1.79. The molecule has 106 valence electrons. The largest absolute Gasteiger partial charge is 0.395 e. The first-order valence-corrected chi connectivity index (χ1v) is 6.23. The van der Waals surface area contributed by atoms with Gasteiger partial charge in [-0.05, 0) is 17.7 Å². The average Bonchev–Trinajstić information content (AvgIpc) is 2.52. The van der Waals surface area contributed by atoms with E-state index in [1.165, 1.54) is 0 Å². The second-order valence-corrected chi connectivity index (χ2v) is 4.07. The number of hydrogen-bond donors (Lipinski definition) is 2. The minimum Gasteiger partial charge on any atom is -0.395 e. The predicted molar refractivity (Wildman–Crippen MR) is 76.6 cm³/mol. The van der Waals surface area contributed by atoms with Gasteiger partial charge in [-0.1, -0.05) is 12.1 Å². The smallest absolute Gasteiger partial charge is 0.148 e. The van der Waals surface area contributed by atoms with E-state index in [2.05, 4.69) is 0 Å². The topological polar surface area (TPSA) is 115 Å². The van der Waals surface area contributed by atoms with Crippen LogP contribution in [0.4, 0.5) is 5.69 Å². The molecule has 0 saturated heterocycles. The Morgan fingerprint density at radius 2 is 1.43 bits per heavy atom.